The van der Waals surface area contributed by atoms with Gasteiger partial charge in [-0.05, 0) is 65.7 Å². The smallest absolute Gasteiger partial charge is 0.260 e. The molecule has 0 spiro atoms. The van der Waals surface area contributed by atoms with Crippen molar-refractivity contribution < 1.29 is 22.3 Å². The first kappa shape index (κ1) is 24.2. The average molecular weight is 490 g/mol. The summed E-state index contributed by atoms with van der Waals surface area (Å²) in [6.45, 7) is -0.153. The first-order valence-electron chi connectivity index (χ1n) is 9.73. The predicted octanol–water partition coefficient (Wildman–Crippen LogP) is 3.97. The van der Waals surface area contributed by atoms with Crippen LogP contribution in [0.5, 0.6) is 5.75 Å². The lowest BCUT2D eigenvalue weighted by atomic mass is 10.2. The van der Waals surface area contributed by atoms with E-state index in [0.29, 0.717) is 22.9 Å². The lowest BCUT2D eigenvalue weighted by molar-refractivity contribution is -0.119. The van der Waals surface area contributed by atoms with Crippen molar-refractivity contribution in [3.63, 3.8) is 0 Å². The van der Waals surface area contributed by atoms with Crippen LogP contribution in [-0.2, 0) is 21.4 Å². The number of hydrazone groups is 1. The monoisotopic (exact) mass is 489 g/mol. The highest BCUT2D eigenvalue weighted by Gasteiger charge is 2.21. The van der Waals surface area contributed by atoms with Crippen molar-refractivity contribution in [2.45, 2.75) is 6.61 Å². The zero-order chi connectivity index (χ0) is 23.8. The maximum Gasteiger partial charge on any atom is 0.260 e. The zero-order valence-electron chi connectivity index (χ0n) is 17.6. The molecule has 172 valence electrons. The molecule has 0 aliphatic carbocycles. The molecule has 3 aromatic rings. The van der Waals surface area contributed by atoms with Gasteiger partial charge < -0.3 is 4.74 Å². The minimum Gasteiger partial charge on any atom is -0.489 e. The Hall–Kier alpha value is -3.43. The van der Waals surface area contributed by atoms with Gasteiger partial charge in [0.1, 0.15) is 24.7 Å². The van der Waals surface area contributed by atoms with Gasteiger partial charge in [0.15, 0.2) is 0 Å². The van der Waals surface area contributed by atoms with Gasteiger partial charge in [0, 0.05) is 5.02 Å². The fourth-order valence-electron chi connectivity index (χ4n) is 2.77. The Morgan fingerprint density at radius 2 is 1.82 bits per heavy atom. The predicted molar refractivity (Wildman–Crippen MR) is 127 cm³/mol. The van der Waals surface area contributed by atoms with E-state index in [1.165, 1.54) is 24.4 Å². The van der Waals surface area contributed by atoms with E-state index in [0.717, 1.165) is 22.2 Å². The van der Waals surface area contributed by atoms with Crippen molar-refractivity contribution in [1.29, 1.82) is 0 Å². The second-order valence-corrected chi connectivity index (χ2v) is 9.37. The number of benzene rings is 3. The molecule has 0 aliphatic heterocycles. The molecule has 0 heterocycles. The molecule has 10 heteroatoms. The second kappa shape index (κ2) is 10.9. The molecular weight excluding hydrogens is 469 g/mol. The van der Waals surface area contributed by atoms with Gasteiger partial charge in [0.05, 0.1) is 18.2 Å². The fraction of sp³-hybridized carbons (Fsp3) is 0.130. The topological polar surface area (TPSA) is 88.1 Å². The lowest BCUT2D eigenvalue weighted by Gasteiger charge is -2.21. The van der Waals surface area contributed by atoms with E-state index in [9.17, 15) is 17.6 Å². The first-order chi connectivity index (χ1) is 15.7. The van der Waals surface area contributed by atoms with E-state index in [1.807, 2.05) is 12.1 Å². The van der Waals surface area contributed by atoms with Crippen molar-refractivity contribution >= 4 is 39.4 Å². The lowest BCUT2D eigenvalue weighted by Crippen LogP contribution is -2.39. The van der Waals surface area contributed by atoms with E-state index < -0.39 is 28.3 Å². The number of hydrogen-bond acceptors (Lipinski definition) is 5. The van der Waals surface area contributed by atoms with Crippen molar-refractivity contribution in [3.05, 3.63) is 94.8 Å². The Balaban J connectivity index is 1.54. The van der Waals surface area contributed by atoms with Crippen LogP contribution in [-0.4, -0.2) is 33.3 Å². The van der Waals surface area contributed by atoms with Crippen molar-refractivity contribution in [2.75, 3.05) is 17.1 Å². The van der Waals surface area contributed by atoms with Gasteiger partial charge >= 0.3 is 0 Å². The Morgan fingerprint density at radius 1 is 1.12 bits per heavy atom. The van der Waals surface area contributed by atoms with Crippen LogP contribution in [0.4, 0.5) is 10.1 Å². The number of ether oxygens (including phenoxy) is 1. The molecule has 7 nitrogen and oxygen atoms in total. The molecule has 0 aromatic heterocycles. The molecule has 0 atom stereocenters. The fourth-order valence-corrected chi connectivity index (χ4v) is 3.75. The second-order valence-electron chi connectivity index (χ2n) is 7.03. The van der Waals surface area contributed by atoms with Crippen LogP contribution in [0.15, 0.2) is 77.9 Å². The number of amides is 1. The minimum absolute atomic E-state index is 0.0471. The van der Waals surface area contributed by atoms with Gasteiger partial charge in [-0.3, -0.25) is 9.10 Å². The Morgan fingerprint density at radius 3 is 2.45 bits per heavy atom. The average Bonchev–Trinajstić information content (AvgIpc) is 2.77. The summed E-state index contributed by atoms with van der Waals surface area (Å²) >= 11 is 5.86. The van der Waals surface area contributed by atoms with Crippen LogP contribution < -0.4 is 14.5 Å². The number of hydrogen-bond donors (Lipinski definition) is 1. The number of halogens is 2. The number of sulfonamides is 1. The summed E-state index contributed by atoms with van der Waals surface area (Å²) in [5, 5.41) is 4.51. The van der Waals surface area contributed by atoms with Gasteiger partial charge in [0.2, 0.25) is 10.0 Å². The standard InChI is InChI=1S/C23H21ClFN3O4S/c1-33(30,31)28(21-4-2-3-20(25)13-21)15-23(29)27-26-14-17-7-11-22(12-8-17)32-16-18-5-9-19(24)10-6-18/h2-14H,15-16H2,1H3,(H,27,29)/b26-14-. The summed E-state index contributed by atoms with van der Waals surface area (Å²) in [5.74, 6) is -0.631. The molecular formula is C23H21ClFN3O4S. The summed E-state index contributed by atoms with van der Waals surface area (Å²) in [4.78, 5) is 12.2. The number of carbonyl (C=O) groups is 1. The molecule has 0 radical (unpaired) electrons. The molecule has 0 bridgehead atoms. The van der Waals surface area contributed by atoms with Crippen LogP contribution in [0.3, 0.4) is 0 Å². The van der Waals surface area contributed by atoms with Gasteiger partial charge in [-0.15, -0.1) is 0 Å². The van der Waals surface area contributed by atoms with Crippen LogP contribution in [0, 0.1) is 5.82 Å². The first-order valence-corrected chi connectivity index (χ1v) is 12.0. The zero-order valence-corrected chi connectivity index (χ0v) is 19.2. The third-order valence-electron chi connectivity index (χ3n) is 4.39. The van der Waals surface area contributed by atoms with Crippen molar-refractivity contribution in [1.82, 2.24) is 5.43 Å². The molecule has 0 unspecified atom stereocenters. The summed E-state index contributed by atoms with van der Waals surface area (Å²) in [6, 6.07) is 19.3. The maximum absolute atomic E-state index is 13.5. The van der Waals surface area contributed by atoms with E-state index in [1.54, 1.807) is 36.4 Å². The highest BCUT2D eigenvalue weighted by atomic mass is 35.5. The van der Waals surface area contributed by atoms with E-state index in [-0.39, 0.29) is 5.69 Å². The molecule has 33 heavy (non-hydrogen) atoms. The number of carbonyl (C=O) groups excluding carboxylic acids is 1. The normalized spacial score (nSPS) is 11.4. The molecule has 0 saturated heterocycles. The SMILES string of the molecule is CS(=O)(=O)N(CC(=O)N/N=C\c1ccc(OCc2ccc(Cl)cc2)cc1)c1cccc(F)c1. The van der Waals surface area contributed by atoms with E-state index in [2.05, 4.69) is 10.5 Å². The summed E-state index contributed by atoms with van der Waals surface area (Å²) < 4.78 is 44.0. The van der Waals surface area contributed by atoms with Gasteiger partial charge in [-0.1, -0.05) is 29.8 Å². The van der Waals surface area contributed by atoms with E-state index in [4.69, 9.17) is 16.3 Å². The molecule has 0 aliphatic rings. The number of nitrogens with one attached hydrogen (secondary N) is 1. The molecule has 0 saturated carbocycles. The number of nitrogens with zero attached hydrogens (tertiary/aromatic N) is 2. The Labute approximate surface area is 196 Å². The number of rotatable bonds is 9. The van der Waals surface area contributed by atoms with Crippen molar-refractivity contribution in [2.24, 2.45) is 5.10 Å². The molecule has 1 N–H and O–H groups in total. The Bertz CT molecular complexity index is 1230. The van der Waals surface area contributed by atoms with Gasteiger partial charge in [-0.25, -0.2) is 18.2 Å². The van der Waals surface area contributed by atoms with Gasteiger partial charge in [0.25, 0.3) is 5.91 Å². The highest BCUT2D eigenvalue weighted by Crippen LogP contribution is 2.18. The van der Waals surface area contributed by atoms with Crippen LogP contribution in [0.1, 0.15) is 11.1 Å². The molecule has 1 amide bonds. The van der Waals surface area contributed by atoms with Crippen LogP contribution in [0.2, 0.25) is 5.02 Å². The largest absolute Gasteiger partial charge is 0.489 e. The number of anilines is 1. The molecule has 0 fully saturated rings. The summed E-state index contributed by atoms with van der Waals surface area (Å²) in [7, 11) is -3.81. The minimum atomic E-state index is -3.81. The quantitative estimate of drug-likeness (QED) is 0.364. The third-order valence-corrected chi connectivity index (χ3v) is 5.78. The molecule has 3 rings (SSSR count). The molecule has 3 aromatic carbocycles. The van der Waals surface area contributed by atoms with E-state index >= 15 is 0 Å². The van der Waals surface area contributed by atoms with Crippen LogP contribution in [0.25, 0.3) is 0 Å². The maximum atomic E-state index is 13.5. The summed E-state index contributed by atoms with van der Waals surface area (Å²) in [6.07, 6.45) is 2.35. The summed E-state index contributed by atoms with van der Waals surface area (Å²) in [5.41, 5.74) is 3.99. The third kappa shape index (κ3) is 7.58. The van der Waals surface area contributed by atoms with Crippen LogP contribution >= 0.6 is 11.6 Å². The van der Waals surface area contributed by atoms with Gasteiger partial charge in [-0.2, -0.15) is 5.10 Å². The Kier molecular flexibility index (Phi) is 8.02. The highest BCUT2D eigenvalue weighted by molar-refractivity contribution is 7.92. The van der Waals surface area contributed by atoms with Crippen molar-refractivity contribution in [3.8, 4) is 5.75 Å².